The Kier molecular flexibility index (Phi) is 3.92. The lowest BCUT2D eigenvalue weighted by Crippen LogP contribution is -2.40. The molecule has 0 saturated carbocycles. The van der Waals surface area contributed by atoms with Gasteiger partial charge in [0.25, 0.3) is 10.1 Å². The summed E-state index contributed by atoms with van der Waals surface area (Å²) >= 11 is 0. The number of carboxylic acid groups (broad SMARTS) is 1. The van der Waals surface area contributed by atoms with Crippen molar-refractivity contribution < 1.29 is 36.1 Å². The first-order chi connectivity index (χ1) is 10.1. The predicted octanol–water partition coefficient (Wildman–Crippen LogP) is 1.22. The molecule has 1 saturated heterocycles. The van der Waals surface area contributed by atoms with E-state index in [2.05, 4.69) is 4.18 Å². The summed E-state index contributed by atoms with van der Waals surface area (Å²) in [6, 6.07) is 5.21. The molecule has 10 heteroatoms. The van der Waals surface area contributed by atoms with Gasteiger partial charge in [-0.15, -0.1) is 0 Å². The molecule has 120 valence electrons. The molecule has 22 heavy (non-hydrogen) atoms. The first kappa shape index (κ1) is 16.3. The number of imide groups is 1. The number of rotatable bonds is 3. The molecule has 0 bridgehead atoms. The summed E-state index contributed by atoms with van der Waals surface area (Å²) in [6.45, 7) is 0.637. The van der Waals surface area contributed by atoms with E-state index in [0.29, 0.717) is 0 Å². The monoisotopic (exact) mass is 335 g/mol. The van der Waals surface area contributed by atoms with Crippen LogP contribution in [0.4, 0.5) is 13.6 Å². The zero-order valence-corrected chi connectivity index (χ0v) is 12.0. The molecular weight excluding hydrogens is 324 g/mol. The molecule has 2 amide bonds. The molecule has 2 rings (SSSR count). The molecule has 1 aromatic rings. The van der Waals surface area contributed by atoms with E-state index in [4.69, 9.17) is 5.11 Å². The standard InChI is InChI=1S/C12H11F2NO6S/c1-7-2-4-8(5-3-7)22(19,20)21-9-6-15(11(17)18)10(16)12(9,13)14/h2-5,9H,6H2,1H3,(H,17,18). The van der Waals surface area contributed by atoms with Crippen LogP contribution in [0.25, 0.3) is 0 Å². The molecule has 1 aromatic carbocycles. The van der Waals surface area contributed by atoms with Crippen molar-refractivity contribution >= 4 is 22.1 Å². The summed E-state index contributed by atoms with van der Waals surface area (Å²) in [7, 11) is -4.56. The Morgan fingerprint density at radius 2 is 1.91 bits per heavy atom. The number of amides is 2. The number of hydrogen-bond donors (Lipinski definition) is 1. The fourth-order valence-corrected chi connectivity index (χ4v) is 2.92. The maximum absolute atomic E-state index is 13.7. The van der Waals surface area contributed by atoms with Crippen molar-refractivity contribution in [3.05, 3.63) is 29.8 Å². The van der Waals surface area contributed by atoms with Gasteiger partial charge in [0, 0.05) is 0 Å². The highest BCUT2D eigenvalue weighted by molar-refractivity contribution is 7.86. The number of carbonyl (C=O) groups is 2. The second-order valence-corrected chi connectivity index (χ2v) is 6.25. The van der Waals surface area contributed by atoms with Gasteiger partial charge in [0.2, 0.25) is 0 Å². The third kappa shape index (κ3) is 2.79. The van der Waals surface area contributed by atoms with Crippen molar-refractivity contribution in [1.82, 2.24) is 4.90 Å². The Hall–Kier alpha value is -2.07. The summed E-state index contributed by atoms with van der Waals surface area (Å²) in [6.07, 6.45) is -4.30. The minimum absolute atomic E-state index is 0.171. The molecule has 1 heterocycles. The number of halogens is 2. The molecule has 1 unspecified atom stereocenters. The third-order valence-electron chi connectivity index (χ3n) is 3.07. The van der Waals surface area contributed by atoms with Crippen LogP contribution in [0, 0.1) is 6.92 Å². The van der Waals surface area contributed by atoms with Gasteiger partial charge in [0.05, 0.1) is 11.4 Å². The molecule has 1 aliphatic rings. The first-order valence-electron chi connectivity index (χ1n) is 5.98. The molecule has 7 nitrogen and oxygen atoms in total. The Morgan fingerprint density at radius 3 is 2.36 bits per heavy atom. The molecule has 0 radical (unpaired) electrons. The molecular formula is C12H11F2NO6S. The Balaban J connectivity index is 2.28. The minimum Gasteiger partial charge on any atom is -0.465 e. The SMILES string of the molecule is Cc1ccc(S(=O)(=O)OC2CN(C(=O)O)C(=O)C2(F)F)cc1. The van der Waals surface area contributed by atoms with Crippen LogP contribution in [-0.2, 0) is 19.1 Å². The van der Waals surface area contributed by atoms with Crippen molar-refractivity contribution in [2.45, 2.75) is 23.8 Å². The van der Waals surface area contributed by atoms with E-state index in [1.165, 1.54) is 12.1 Å². The maximum Gasteiger partial charge on any atom is 0.414 e. The summed E-state index contributed by atoms with van der Waals surface area (Å²) in [5.41, 5.74) is 0.748. The highest BCUT2D eigenvalue weighted by atomic mass is 32.2. The highest BCUT2D eigenvalue weighted by Gasteiger charge is 2.60. The number of alkyl halides is 2. The van der Waals surface area contributed by atoms with Crippen LogP contribution in [0.2, 0.25) is 0 Å². The van der Waals surface area contributed by atoms with Gasteiger partial charge in [0.1, 0.15) is 0 Å². The number of carbonyl (C=O) groups excluding carboxylic acids is 1. The van der Waals surface area contributed by atoms with E-state index in [9.17, 15) is 26.8 Å². The largest absolute Gasteiger partial charge is 0.465 e. The number of aryl methyl sites for hydroxylation is 1. The Labute approximate surface area is 124 Å². The van der Waals surface area contributed by atoms with Crippen LogP contribution < -0.4 is 0 Å². The normalized spacial score (nSPS) is 21.1. The minimum atomic E-state index is -4.56. The average molecular weight is 335 g/mol. The van der Waals surface area contributed by atoms with E-state index in [0.717, 1.165) is 17.7 Å². The maximum atomic E-state index is 13.7. The van der Waals surface area contributed by atoms with E-state index < -0.39 is 40.7 Å². The van der Waals surface area contributed by atoms with Crippen LogP contribution in [0.3, 0.4) is 0 Å². The van der Waals surface area contributed by atoms with Crippen molar-refractivity contribution in [3.8, 4) is 0 Å². The molecule has 0 spiro atoms. The number of benzene rings is 1. The molecule has 1 N–H and O–H groups in total. The van der Waals surface area contributed by atoms with E-state index in [1.807, 2.05) is 0 Å². The van der Waals surface area contributed by atoms with Crippen molar-refractivity contribution in [2.75, 3.05) is 6.54 Å². The van der Waals surface area contributed by atoms with E-state index >= 15 is 0 Å². The predicted molar refractivity (Wildman–Crippen MR) is 67.9 cm³/mol. The average Bonchev–Trinajstić information content (AvgIpc) is 2.63. The summed E-state index contributed by atoms with van der Waals surface area (Å²) in [4.78, 5) is 21.4. The second kappa shape index (κ2) is 5.29. The summed E-state index contributed by atoms with van der Waals surface area (Å²) < 4.78 is 55.6. The second-order valence-electron chi connectivity index (χ2n) is 4.67. The molecule has 1 fully saturated rings. The molecule has 1 atom stereocenters. The highest BCUT2D eigenvalue weighted by Crippen LogP contribution is 2.33. The van der Waals surface area contributed by atoms with Gasteiger partial charge < -0.3 is 5.11 Å². The lowest BCUT2D eigenvalue weighted by atomic mass is 10.2. The topological polar surface area (TPSA) is 101 Å². The van der Waals surface area contributed by atoms with Crippen molar-refractivity contribution in [2.24, 2.45) is 0 Å². The number of hydrogen-bond acceptors (Lipinski definition) is 5. The van der Waals surface area contributed by atoms with Crippen LogP contribution in [-0.4, -0.2) is 49.0 Å². The smallest absolute Gasteiger partial charge is 0.414 e. The molecule has 0 aromatic heterocycles. The van der Waals surface area contributed by atoms with Gasteiger partial charge in [0.15, 0.2) is 6.10 Å². The zero-order valence-electron chi connectivity index (χ0n) is 11.2. The van der Waals surface area contributed by atoms with Crippen molar-refractivity contribution in [1.29, 1.82) is 0 Å². The fourth-order valence-electron chi connectivity index (χ4n) is 1.85. The van der Waals surface area contributed by atoms with Gasteiger partial charge >= 0.3 is 17.9 Å². The van der Waals surface area contributed by atoms with E-state index in [-0.39, 0.29) is 9.80 Å². The van der Waals surface area contributed by atoms with Crippen LogP contribution in [0.1, 0.15) is 5.56 Å². The Morgan fingerprint density at radius 1 is 1.36 bits per heavy atom. The molecule has 1 aliphatic heterocycles. The quantitative estimate of drug-likeness (QED) is 0.834. The first-order valence-corrected chi connectivity index (χ1v) is 7.39. The van der Waals surface area contributed by atoms with Crippen molar-refractivity contribution in [3.63, 3.8) is 0 Å². The molecule has 0 aliphatic carbocycles. The summed E-state index contributed by atoms with van der Waals surface area (Å²) in [5, 5.41) is 8.65. The van der Waals surface area contributed by atoms with Crippen LogP contribution in [0.5, 0.6) is 0 Å². The van der Waals surface area contributed by atoms with Gasteiger partial charge in [-0.05, 0) is 19.1 Å². The van der Waals surface area contributed by atoms with Gasteiger partial charge in [-0.1, -0.05) is 17.7 Å². The summed E-state index contributed by atoms with van der Waals surface area (Å²) in [5.74, 6) is -6.25. The van der Waals surface area contributed by atoms with E-state index in [1.54, 1.807) is 6.92 Å². The van der Waals surface area contributed by atoms with Gasteiger partial charge in [-0.25, -0.2) is 9.69 Å². The zero-order chi connectivity index (χ0) is 16.7. The van der Waals surface area contributed by atoms with Crippen LogP contribution >= 0.6 is 0 Å². The van der Waals surface area contributed by atoms with Crippen LogP contribution in [0.15, 0.2) is 29.2 Å². The number of likely N-dealkylation sites (tertiary alicyclic amines) is 1. The third-order valence-corrected chi connectivity index (χ3v) is 4.40. The fraction of sp³-hybridized carbons (Fsp3) is 0.333. The Bertz CT molecular complexity index is 716. The lowest BCUT2D eigenvalue weighted by molar-refractivity contribution is -0.152. The van der Waals surface area contributed by atoms with Gasteiger partial charge in [-0.2, -0.15) is 17.2 Å². The lowest BCUT2D eigenvalue weighted by Gasteiger charge is -2.16. The van der Waals surface area contributed by atoms with Gasteiger partial charge in [-0.3, -0.25) is 8.98 Å². The number of nitrogens with zero attached hydrogens (tertiary/aromatic N) is 1.